The van der Waals surface area contributed by atoms with Crippen LogP contribution in [0.3, 0.4) is 0 Å². The van der Waals surface area contributed by atoms with Gasteiger partial charge in [0.15, 0.2) is 0 Å². The van der Waals surface area contributed by atoms with Gasteiger partial charge in [-0.15, -0.1) is 0 Å². The number of rotatable bonds is 6. The number of hydrogen-bond acceptors (Lipinski definition) is 2. The Morgan fingerprint density at radius 3 is 2.67 bits per heavy atom. The summed E-state index contributed by atoms with van der Waals surface area (Å²) in [6, 6.07) is 0. The van der Waals surface area contributed by atoms with Crippen LogP contribution in [0.1, 0.15) is 19.3 Å². The van der Waals surface area contributed by atoms with Crippen molar-refractivity contribution in [1.82, 2.24) is 5.32 Å². The fraction of sp³-hybridized carbons (Fsp3) is 0.714. The molecule has 0 aliphatic rings. The van der Waals surface area contributed by atoms with E-state index < -0.39 is 0 Å². The van der Waals surface area contributed by atoms with Crippen LogP contribution in [-0.4, -0.2) is 13.1 Å². The van der Waals surface area contributed by atoms with E-state index in [1.54, 1.807) is 6.20 Å². The van der Waals surface area contributed by atoms with Crippen molar-refractivity contribution in [3.8, 4) is 0 Å². The van der Waals surface area contributed by atoms with Gasteiger partial charge in [-0.25, -0.2) is 0 Å². The van der Waals surface area contributed by atoms with E-state index in [2.05, 4.69) is 11.9 Å². The molecule has 0 aliphatic carbocycles. The molecule has 0 aromatic rings. The van der Waals surface area contributed by atoms with Crippen LogP contribution < -0.4 is 11.1 Å². The molecule has 0 saturated carbocycles. The Hall–Kier alpha value is -0.500. The third kappa shape index (κ3) is 7.50. The lowest BCUT2D eigenvalue weighted by molar-refractivity contribution is 0.661. The van der Waals surface area contributed by atoms with Gasteiger partial charge < -0.3 is 11.1 Å². The highest BCUT2D eigenvalue weighted by atomic mass is 14.8. The van der Waals surface area contributed by atoms with Crippen molar-refractivity contribution >= 4 is 0 Å². The molecule has 0 aromatic heterocycles. The van der Waals surface area contributed by atoms with E-state index >= 15 is 0 Å². The van der Waals surface area contributed by atoms with Crippen molar-refractivity contribution in [2.45, 2.75) is 19.3 Å². The first kappa shape index (κ1) is 8.50. The van der Waals surface area contributed by atoms with Crippen LogP contribution in [0, 0.1) is 0 Å². The van der Waals surface area contributed by atoms with Gasteiger partial charge in [-0.2, -0.15) is 0 Å². The van der Waals surface area contributed by atoms with Crippen molar-refractivity contribution < 1.29 is 0 Å². The molecular weight excluding hydrogens is 112 g/mol. The maximum absolute atomic E-state index is 5.30. The molecule has 0 atom stereocenters. The van der Waals surface area contributed by atoms with Crippen molar-refractivity contribution in [2.75, 3.05) is 13.1 Å². The quantitative estimate of drug-likeness (QED) is 0.520. The lowest BCUT2D eigenvalue weighted by Gasteiger charge is -1.97. The first-order valence-electron chi connectivity index (χ1n) is 3.46. The molecule has 0 aliphatic heterocycles. The van der Waals surface area contributed by atoms with Gasteiger partial charge in [0.25, 0.3) is 0 Å². The zero-order chi connectivity index (χ0) is 6.95. The van der Waals surface area contributed by atoms with Crippen molar-refractivity contribution in [2.24, 2.45) is 5.73 Å². The normalized spacial score (nSPS) is 9.00. The van der Waals surface area contributed by atoms with E-state index in [1.165, 1.54) is 12.8 Å². The Labute approximate surface area is 57.1 Å². The van der Waals surface area contributed by atoms with Crippen molar-refractivity contribution in [3.05, 3.63) is 12.8 Å². The first-order valence-corrected chi connectivity index (χ1v) is 3.46. The summed E-state index contributed by atoms with van der Waals surface area (Å²) in [7, 11) is 0. The third-order valence-corrected chi connectivity index (χ3v) is 1.17. The predicted octanol–water partition coefficient (Wildman–Crippen LogP) is 0.848. The van der Waals surface area contributed by atoms with E-state index in [0.29, 0.717) is 0 Å². The summed E-state index contributed by atoms with van der Waals surface area (Å²) >= 11 is 0. The molecular formula is C7H16N2. The molecule has 0 fully saturated rings. The molecule has 0 heterocycles. The number of nitrogens with one attached hydrogen (secondary N) is 1. The molecule has 2 heteroatoms. The van der Waals surface area contributed by atoms with Gasteiger partial charge >= 0.3 is 0 Å². The minimum absolute atomic E-state index is 0.814. The van der Waals surface area contributed by atoms with E-state index in [1.807, 2.05) is 0 Å². The maximum Gasteiger partial charge on any atom is 0.0141 e. The molecule has 0 saturated heterocycles. The average Bonchev–Trinajstić information content (AvgIpc) is 1.89. The van der Waals surface area contributed by atoms with Gasteiger partial charge in [0, 0.05) is 6.54 Å². The third-order valence-electron chi connectivity index (χ3n) is 1.17. The van der Waals surface area contributed by atoms with Crippen LogP contribution >= 0.6 is 0 Å². The second kappa shape index (κ2) is 7.50. The number of hydrogen-bond donors (Lipinski definition) is 2. The molecule has 0 unspecified atom stereocenters. The molecule has 3 N–H and O–H groups in total. The lowest BCUT2D eigenvalue weighted by atomic mass is 10.2. The van der Waals surface area contributed by atoms with E-state index in [-0.39, 0.29) is 0 Å². The van der Waals surface area contributed by atoms with Crippen LogP contribution in [-0.2, 0) is 0 Å². The molecule has 0 bridgehead atoms. The highest BCUT2D eigenvalue weighted by Gasteiger charge is 1.83. The zero-order valence-corrected chi connectivity index (χ0v) is 5.90. The topological polar surface area (TPSA) is 38.0 Å². The van der Waals surface area contributed by atoms with Gasteiger partial charge in [-0.05, 0) is 25.6 Å². The lowest BCUT2D eigenvalue weighted by Crippen LogP contribution is -2.06. The maximum atomic E-state index is 5.30. The van der Waals surface area contributed by atoms with Crippen LogP contribution in [0.15, 0.2) is 12.8 Å². The number of unbranched alkanes of at least 4 members (excludes halogenated alkanes) is 2. The average molecular weight is 128 g/mol. The number of nitrogens with two attached hydrogens (primary N) is 1. The fourth-order valence-corrected chi connectivity index (χ4v) is 0.650. The van der Waals surface area contributed by atoms with Gasteiger partial charge in [0.05, 0.1) is 0 Å². The van der Waals surface area contributed by atoms with Gasteiger partial charge in [0.1, 0.15) is 0 Å². The van der Waals surface area contributed by atoms with Crippen LogP contribution in [0.5, 0.6) is 0 Å². The summed E-state index contributed by atoms with van der Waals surface area (Å²) in [4.78, 5) is 0. The van der Waals surface area contributed by atoms with Crippen molar-refractivity contribution in [3.63, 3.8) is 0 Å². The Bertz CT molecular complexity index is 61.9. The Morgan fingerprint density at radius 1 is 1.33 bits per heavy atom. The van der Waals surface area contributed by atoms with Crippen LogP contribution in [0.2, 0.25) is 0 Å². The summed E-state index contributed by atoms with van der Waals surface area (Å²) in [5.41, 5.74) is 5.30. The highest BCUT2D eigenvalue weighted by Crippen LogP contribution is 1.90. The van der Waals surface area contributed by atoms with Crippen LogP contribution in [0.25, 0.3) is 0 Å². The standard InChI is InChI=1S/C7H16N2/c1-2-9-7-5-3-4-6-8/h2,9H,1,3-8H2. The fourth-order valence-electron chi connectivity index (χ4n) is 0.650. The Balaban J connectivity index is 2.66. The SMILES string of the molecule is C=CNCCCCCN. The van der Waals surface area contributed by atoms with E-state index in [9.17, 15) is 0 Å². The molecule has 2 nitrogen and oxygen atoms in total. The summed E-state index contributed by atoms with van der Waals surface area (Å²) in [6.45, 7) is 5.39. The zero-order valence-electron chi connectivity index (χ0n) is 5.90. The molecule has 0 spiro atoms. The molecule has 54 valence electrons. The molecule has 0 aromatic carbocycles. The molecule has 9 heavy (non-hydrogen) atoms. The minimum Gasteiger partial charge on any atom is -0.391 e. The second-order valence-corrected chi connectivity index (χ2v) is 2.01. The van der Waals surface area contributed by atoms with Crippen molar-refractivity contribution in [1.29, 1.82) is 0 Å². The molecule has 0 amide bonds. The molecule has 0 rings (SSSR count). The first-order chi connectivity index (χ1) is 4.41. The van der Waals surface area contributed by atoms with Gasteiger partial charge in [-0.1, -0.05) is 13.0 Å². The Morgan fingerprint density at radius 2 is 2.11 bits per heavy atom. The summed E-state index contributed by atoms with van der Waals surface area (Å²) in [6.07, 6.45) is 5.28. The minimum atomic E-state index is 0.814. The summed E-state index contributed by atoms with van der Waals surface area (Å²) in [5, 5.41) is 3.03. The smallest absolute Gasteiger partial charge is 0.0141 e. The van der Waals surface area contributed by atoms with Crippen LogP contribution in [0.4, 0.5) is 0 Å². The largest absolute Gasteiger partial charge is 0.391 e. The summed E-state index contributed by atoms with van der Waals surface area (Å²) in [5.74, 6) is 0. The predicted molar refractivity (Wildman–Crippen MR) is 41.1 cm³/mol. The summed E-state index contributed by atoms with van der Waals surface area (Å²) < 4.78 is 0. The van der Waals surface area contributed by atoms with Gasteiger partial charge in [0.2, 0.25) is 0 Å². The van der Waals surface area contributed by atoms with Gasteiger partial charge in [-0.3, -0.25) is 0 Å². The van der Waals surface area contributed by atoms with E-state index in [0.717, 1.165) is 19.5 Å². The van der Waals surface area contributed by atoms with E-state index in [4.69, 9.17) is 5.73 Å². The monoisotopic (exact) mass is 128 g/mol. The second-order valence-electron chi connectivity index (χ2n) is 2.01. The Kier molecular flexibility index (Phi) is 7.08. The highest BCUT2D eigenvalue weighted by molar-refractivity contribution is 4.61. The molecule has 0 radical (unpaired) electrons.